The molecule has 1 fully saturated rings. The van der Waals surface area contributed by atoms with E-state index >= 15 is 0 Å². The van der Waals surface area contributed by atoms with E-state index in [4.69, 9.17) is 0 Å². The fourth-order valence-electron chi connectivity index (χ4n) is 3.37. The summed E-state index contributed by atoms with van der Waals surface area (Å²) in [5.74, 6) is 0.0960. The molecule has 0 unspecified atom stereocenters. The molecule has 2 aromatic heterocycles. The third-order valence-corrected chi connectivity index (χ3v) is 4.80. The molecule has 132 valence electrons. The number of carbonyl (C=O) groups excluding carboxylic acids is 1. The van der Waals surface area contributed by atoms with Crippen molar-refractivity contribution in [2.45, 2.75) is 19.3 Å². The Hall–Kier alpha value is -2.70. The summed E-state index contributed by atoms with van der Waals surface area (Å²) in [7, 11) is 2.93. The number of rotatable bonds is 3. The SMILES string of the molecule is Cn1c(C(=O)N2CCC[C@@H](Cc3cccnc3)C2)cc(=O)n(C)c1=O. The van der Waals surface area contributed by atoms with Gasteiger partial charge in [0.25, 0.3) is 11.5 Å². The molecule has 1 aliphatic rings. The van der Waals surface area contributed by atoms with Crippen LogP contribution in [0.4, 0.5) is 0 Å². The molecule has 7 heteroatoms. The Balaban J connectivity index is 1.79. The van der Waals surface area contributed by atoms with Crippen LogP contribution in [0.25, 0.3) is 0 Å². The number of hydrogen-bond acceptors (Lipinski definition) is 4. The molecule has 1 atom stereocenters. The number of hydrogen-bond donors (Lipinski definition) is 0. The third kappa shape index (κ3) is 3.55. The van der Waals surface area contributed by atoms with Gasteiger partial charge in [0.05, 0.1) is 0 Å². The van der Waals surface area contributed by atoms with Crippen molar-refractivity contribution in [1.29, 1.82) is 0 Å². The van der Waals surface area contributed by atoms with E-state index in [1.54, 1.807) is 11.1 Å². The molecule has 0 bridgehead atoms. The zero-order valence-corrected chi connectivity index (χ0v) is 14.5. The summed E-state index contributed by atoms with van der Waals surface area (Å²) in [4.78, 5) is 42.7. The van der Waals surface area contributed by atoms with Gasteiger partial charge in [0, 0.05) is 45.6 Å². The van der Waals surface area contributed by atoms with E-state index in [0.29, 0.717) is 19.0 Å². The third-order valence-electron chi connectivity index (χ3n) is 4.80. The Morgan fingerprint density at radius 1 is 1.28 bits per heavy atom. The summed E-state index contributed by atoms with van der Waals surface area (Å²) < 4.78 is 2.24. The fraction of sp³-hybridized carbons (Fsp3) is 0.444. The summed E-state index contributed by atoms with van der Waals surface area (Å²) in [5.41, 5.74) is 0.355. The van der Waals surface area contributed by atoms with E-state index in [1.807, 2.05) is 18.3 Å². The van der Waals surface area contributed by atoms with E-state index in [9.17, 15) is 14.4 Å². The van der Waals surface area contributed by atoms with Gasteiger partial charge in [-0.2, -0.15) is 0 Å². The summed E-state index contributed by atoms with van der Waals surface area (Å²) in [6.45, 7) is 1.27. The molecular formula is C18H22N4O3. The number of amides is 1. The zero-order valence-electron chi connectivity index (χ0n) is 14.5. The molecule has 0 spiro atoms. The first-order valence-corrected chi connectivity index (χ1v) is 8.42. The molecule has 0 aliphatic carbocycles. The first-order valence-electron chi connectivity index (χ1n) is 8.42. The van der Waals surface area contributed by atoms with E-state index in [0.717, 1.165) is 29.4 Å². The number of nitrogens with zero attached hydrogens (tertiary/aromatic N) is 4. The first-order chi connectivity index (χ1) is 12.0. The monoisotopic (exact) mass is 342 g/mol. The van der Waals surface area contributed by atoms with Crippen LogP contribution in [0.5, 0.6) is 0 Å². The molecule has 0 aromatic carbocycles. The van der Waals surface area contributed by atoms with Crippen LogP contribution in [0, 0.1) is 5.92 Å². The van der Waals surface area contributed by atoms with Crippen molar-refractivity contribution in [3.05, 3.63) is 62.7 Å². The molecule has 1 saturated heterocycles. The largest absolute Gasteiger partial charge is 0.337 e. The number of pyridine rings is 1. The van der Waals surface area contributed by atoms with Crippen molar-refractivity contribution < 1.29 is 4.79 Å². The lowest BCUT2D eigenvalue weighted by Crippen LogP contribution is -2.45. The minimum atomic E-state index is -0.486. The lowest BCUT2D eigenvalue weighted by molar-refractivity contribution is 0.0661. The van der Waals surface area contributed by atoms with Gasteiger partial charge in [-0.15, -0.1) is 0 Å². The second kappa shape index (κ2) is 7.04. The Morgan fingerprint density at radius 2 is 2.08 bits per heavy atom. The van der Waals surface area contributed by atoms with Gasteiger partial charge in [-0.25, -0.2) is 4.79 Å². The average molecular weight is 342 g/mol. The second-order valence-electron chi connectivity index (χ2n) is 6.59. The van der Waals surface area contributed by atoms with Gasteiger partial charge < -0.3 is 4.90 Å². The molecule has 0 radical (unpaired) electrons. The molecule has 1 amide bonds. The van der Waals surface area contributed by atoms with Crippen LogP contribution in [0.3, 0.4) is 0 Å². The highest BCUT2D eigenvalue weighted by atomic mass is 16.2. The molecule has 3 heterocycles. The van der Waals surface area contributed by atoms with Crippen molar-refractivity contribution >= 4 is 5.91 Å². The summed E-state index contributed by atoms with van der Waals surface area (Å²) in [5, 5.41) is 0. The number of aromatic nitrogens is 3. The quantitative estimate of drug-likeness (QED) is 0.817. The van der Waals surface area contributed by atoms with Crippen LogP contribution >= 0.6 is 0 Å². The molecule has 2 aromatic rings. The Kier molecular flexibility index (Phi) is 4.83. The molecule has 1 aliphatic heterocycles. The molecule has 7 nitrogen and oxygen atoms in total. The second-order valence-corrected chi connectivity index (χ2v) is 6.59. The van der Waals surface area contributed by atoms with Gasteiger partial charge in [-0.3, -0.25) is 23.7 Å². The number of carbonyl (C=O) groups is 1. The van der Waals surface area contributed by atoms with Gasteiger partial charge >= 0.3 is 5.69 Å². The van der Waals surface area contributed by atoms with Gasteiger partial charge in [0.2, 0.25) is 0 Å². The molecular weight excluding hydrogens is 320 g/mol. The Labute approximate surface area is 145 Å². The summed E-state index contributed by atoms with van der Waals surface area (Å²) in [6.07, 6.45) is 6.43. The van der Waals surface area contributed by atoms with E-state index in [-0.39, 0.29) is 11.6 Å². The van der Waals surface area contributed by atoms with Crippen LogP contribution in [0.1, 0.15) is 28.9 Å². The maximum absolute atomic E-state index is 12.8. The van der Waals surface area contributed by atoms with Crippen LogP contribution < -0.4 is 11.2 Å². The molecule has 0 saturated carbocycles. The highest BCUT2D eigenvalue weighted by Crippen LogP contribution is 2.21. The minimum absolute atomic E-state index is 0.148. The number of piperidine rings is 1. The van der Waals surface area contributed by atoms with Crippen LogP contribution in [-0.4, -0.2) is 38.0 Å². The number of likely N-dealkylation sites (tertiary alicyclic amines) is 1. The highest BCUT2D eigenvalue weighted by Gasteiger charge is 2.26. The lowest BCUT2D eigenvalue weighted by atomic mass is 9.91. The van der Waals surface area contributed by atoms with Crippen molar-refractivity contribution in [2.75, 3.05) is 13.1 Å². The maximum Gasteiger partial charge on any atom is 0.331 e. The predicted octanol–water partition coefficient (Wildman–Crippen LogP) is 0.574. The highest BCUT2D eigenvalue weighted by molar-refractivity contribution is 5.92. The van der Waals surface area contributed by atoms with E-state index in [2.05, 4.69) is 4.98 Å². The van der Waals surface area contributed by atoms with Crippen LogP contribution in [0.15, 0.2) is 40.2 Å². The van der Waals surface area contributed by atoms with Crippen LogP contribution in [0.2, 0.25) is 0 Å². The zero-order chi connectivity index (χ0) is 18.0. The Bertz CT molecular complexity index is 885. The average Bonchev–Trinajstić information content (AvgIpc) is 2.63. The fourth-order valence-corrected chi connectivity index (χ4v) is 3.37. The molecule has 3 rings (SSSR count). The summed E-state index contributed by atoms with van der Waals surface area (Å²) >= 11 is 0. The van der Waals surface area contributed by atoms with E-state index < -0.39 is 11.2 Å². The standard InChI is InChI=1S/C18H22N4O3/c1-20-15(10-16(23)21(2)18(20)25)17(24)22-8-4-6-14(12-22)9-13-5-3-7-19-11-13/h3,5,7,10-11,14H,4,6,8-9,12H2,1-2H3/t14-/m0/s1. The summed E-state index contributed by atoms with van der Waals surface area (Å²) in [6, 6.07) is 5.20. The van der Waals surface area contributed by atoms with Crippen molar-refractivity contribution in [3.8, 4) is 0 Å². The smallest absolute Gasteiger partial charge is 0.331 e. The lowest BCUT2D eigenvalue weighted by Gasteiger charge is -2.33. The van der Waals surface area contributed by atoms with Crippen molar-refractivity contribution in [3.63, 3.8) is 0 Å². The van der Waals surface area contributed by atoms with E-state index in [1.165, 1.54) is 24.7 Å². The van der Waals surface area contributed by atoms with Gasteiger partial charge in [-0.1, -0.05) is 6.07 Å². The molecule has 0 N–H and O–H groups in total. The Morgan fingerprint density at radius 3 is 2.80 bits per heavy atom. The normalized spacial score (nSPS) is 17.5. The minimum Gasteiger partial charge on any atom is -0.337 e. The van der Waals surface area contributed by atoms with Gasteiger partial charge in [0.1, 0.15) is 5.69 Å². The molecule has 25 heavy (non-hydrogen) atoms. The maximum atomic E-state index is 12.8. The van der Waals surface area contributed by atoms with Crippen molar-refractivity contribution in [1.82, 2.24) is 19.0 Å². The van der Waals surface area contributed by atoms with Crippen LogP contribution in [-0.2, 0) is 20.5 Å². The topological polar surface area (TPSA) is 77.2 Å². The first kappa shape index (κ1) is 17.1. The predicted molar refractivity (Wildman–Crippen MR) is 93.5 cm³/mol. The van der Waals surface area contributed by atoms with Gasteiger partial charge in [0.15, 0.2) is 0 Å². The van der Waals surface area contributed by atoms with Gasteiger partial charge in [-0.05, 0) is 36.8 Å². The van der Waals surface area contributed by atoms with Crippen molar-refractivity contribution in [2.24, 2.45) is 20.0 Å².